The highest BCUT2D eigenvalue weighted by atomic mass is 35.5. The van der Waals surface area contributed by atoms with Gasteiger partial charge in [-0.15, -0.1) is 0 Å². The molecule has 34 heavy (non-hydrogen) atoms. The molecule has 0 fully saturated rings. The molecule has 0 aromatic heterocycles. The van der Waals surface area contributed by atoms with E-state index in [-0.39, 0.29) is 22.3 Å². The van der Waals surface area contributed by atoms with Gasteiger partial charge in [0.05, 0.1) is 15.9 Å². The summed E-state index contributed by atoms with van der Waals surface area (Å²) < 4.78 is 31.1. The van der Waals surface area contributed by atoms with Crippen LogP contribution in [0.15, 0.2) is 82.6 Å². The second kappa shape index (κ2) is 12.0. The molecule has 3 N–H and O–H groups in total. The molecule has 1 atom stereocenters. The van der Waals surface area contributed by atoms with E-state index in [1.807, 2.05) is 6.07 Å². The summed E-state index contributed by atoms with van der Waals surface area (Å²) >= 11 is 5.96. The number of hydrogen-bond donors (Lipinski definition) is 3. The molecule has 0 aliphatic rings. The Kier molecular flexibility index (Phi) is 9.06. The maximum atomic E-state index is 12.9. The molecule has 3 aromatic rings. The standard InChI is InChI=1S/C25H27ClN2O5S/c1-27-25(30)17-33-21-7-11-23(12-8-21)34(31,32)22-9-5-18(6-10-22)13-14-28-16-24(29)19-3-2-4-20(26)15-19/h2-12,15,24,28-29H,13-14,16-17H2,1H3,(H,27,30)/t24-/m0/s1. The summed E-state index contributed by atoms with van der Waals surface area (Å²) in [5, 5.41) is 16.5. The summed E-state index contributed by atoms with van der Waals surface area (Å²) in [6.45, 7) is 0.870. The Balaban J connectivity index is 1.52. The fourth-order valence-corrected chi connectivity index (χ4v) is 4.67. The van der Waals surface area contributed by atoms with Crippen LogP contribution in [-0.4, -0.2) is 46.2 Å². The predicted octanol–water partition coefficient (Wildman–Crippen LogP) is 3.16. The van der Waals surface area contributed by atoms with Gasteiger partial charge < -0.3 is 20.5 Å². The van der Waals surface area contributed by atoms with E-state index < -0.39 is 15.9 Å². The second-order valence-corrected chi connectivity index (χ2v) is 9.99. The molecule has 0 spiro atoms. The van der Waals surface area contributed by atoms with Crippen LogP contribution in [0.1, 0.15) is 17.2 Å². The molecule has 180 valence electrons. The van der Waals surface area contributed by atoms with Gasteiger partial charge in [0.15, 0.2) is 6.61 Å². The highest BCUT2D eigenvalue weighted by Gasteiger charge is 2.17. The Morgan fingerprint density at radius 2 is 1.68 bits per heavy atom. The first-order valence-electron chi connectivity index (χ1n) is 10.7. The summed E-state index contributed by atoms with van der Waals surface area (Å²) in [6, 6.07) is 19.8. The number of carbonyl (C=O) groups excluding carboxylic acids is 1. The molecule has 9 heteroatoms. The summed E-state index contributed by atoms with van der Waals surface area (Å²) in [5.41, 5.74) is 1.72. The van der Waals surface area contributed by atoms with Gasteiger partial charge in [0.1, 0.15) is 5.75 Å². The summed E-state index contributed by atoms with van der Waals surface area (Å²) in [5.74, 6) is 0.134. The predicted molar refractivity (Wildman–Crippen MR) is 131 cm³/mol. The lowest BCUT2D eigenvalue weighted by Gasteiger charge is -2.13. The van der Waals surface area contributed by atoms with Crippen LogP contribution < -0.4 is 15.4 Å². The molecular formula is C25H27ClN2O5S. The van der Waals surface area contributed by atoms with Crippen molar-refractivity contribution in [2.24, 2.45) is 0 Å². The molecule has 0 aliphatic heterocycles. The number of sulfone groups is 1. The summed E-state index contributed by atoms with van der Waals surface area (Å²) in [7, 11) is -2.16. The molecule has 3 rings (SSSR count). The fourth-order valence-electron chi connectivity index (χ4n) is 3.21. The molecule has 0 saturated heterocycles. The summed E-state index contributed by atoms with van der Waals surface area (Å²) in [4.78, 5) is 11.6. The Labute approximate surface area is 204 Å². The number of rotatable bonds is 11. The third-order valence-electron chi connectivity index (χ3n) is 5.18. The number of hydrogen-bond acceptors (Lipinski definition) is 6. The van der Waals surface area contributed by atoms with Crippen LogP contribution in [0, 0.1) is 0 Å². The average molecular weight is 503 g/mol. The van der Waals surface area contributed by atoms with Gasteiger partial charge in [-0.1, -0.05) is 35.9 Å². The maximum Gasteiger partial charge on any atom is 0.257 e. The molecule has 0 aliphatic carbocycles. The number of benzene rings is 3. The van der Waals surface area contributed by atoms with Crippen LogP contribution in [0.4, 0.5) is 0 Å². The van der Waals surface area contributed by atoms with Crippen LogP contribution >= 0.6 is 11.6 Å². The van der Waals surface area contributed by atoms with E-state index in [1.54, 1.807) is 42.5 Å². The second-order valence-electron chi connectivity index (χ2n) is 7.61. The Morgan fingerprint density at radius 1 is 1.03 bits per heavy atom. The lowest BCUT2D eigenvalue weighted by Crippen LogP contribution is -2.24. The van der Waals surface area contributed by atoms with Crippen LogP contribution in [0.5, 0.6) is 5.75 Å². The number of halogens is 1. The molecule has 0 saturated carbocycles. The van der Waals surface area contributed by atoms with Gasteiger partial charge in [-0.3, -0.25) is 4.79 Å². The largest absolute Gasteiger partial charge is 0.484 e. The number of aliphatic hydroxyl groups excluding tert-OH is 1. The molecule has 0 bridgehead atoms. The number of amides is 1. The van der Waals surface area contributed by atoms with Crippen LogP contribution in [0.25, 0.3) is 0 Å². The number of carbonyl (C=O) groups is 1. The SMILES string of the molecule is CNC(=O)COc1ccc(S(=O)(=O)c2ccc(CCNC[C@H](O)c3cccc(Cl)c3)cc2)cc1. The van der Waals surface area contributed by atoms with E-state index in [0.717, 1.165) is 11.1 Å². The lowest BCUT2D eigenvalue weighted by atomic mass is 10.1. The highest BCUT2D eigenvalue weighted by Crippen LogP contribution is 2.23. The van der Waals surface area contributed by atoms with Crippen molar-refractivity contribution in [1.82, 2.24) is 10.6 Å². The zero-order chi connectivity index (χ0) is 24.6. The minimum Gasteiger partial charge on any atom is -0.484 e. The van der Waals surface area contributed by atoms with Crippen molar-refractivity contribution in [3.63, 3.8) is 0 Å². The lowest BCUT2D eigenvalue weighted by molar-refractivity contribution is -0.122. The van der Waals surface area contributed by atoms with Crippen LogP contribution in [-0.2, 0) is 21.1 Å². The van der Waals surface area contributed by atoms with E-state index in [2.05, 4.69) is 10.6 Å². The minimum absolute atomic E-state index is 0.140. The van der Waals surface area contributed by atoms with E-state index in [4.69, 9.17) is 16.3 Å². The van der Waals surface area contributed by atoms with Gasteiger partial charge in [-0.05, 0) is 72.6 Å². The van der Waals surface area contributed by atoms with Gasteiger partial charge in [0.2, 0.25) is 9.84 Å². The third-order valence-corrected chi connectivity index (χ3v) is 7.20. The monoisotopic (exact) mass is 502 g/mol. The van der Waals surface area contributed by atoms with Gasteiger partial charge >= 0.3 is 0 Å². The Bertz CT molecular complexity index is 1200. The zero-order valence-corrected chi connectivity index (χ0v) is 20.3. The Morgan fingerprint density at radius 3 is 2.29 bits per heavy atom. The van der Waals surface area contributed by atoms with Gasteiger partial charge in [0, 0.05) is 18.6 Å². The highest BCUT2D eigenvalue weighted by molar-refractivity contribution is 7.91. The minimum atomic E-state index is -3.67. The van der Waals surface area contributed by atoms with Crippen molar-refractivity contribution < 1.29 is 23.1 Å². The molecular weight excluding hydrogens is 476 g/mol. The average Bonchev–Trinajstić information content (AvgIpc) is 2.85. The van der Waals surface area contributed by atoms with Crippen molar-refractivity contribution in [3.8, 4) is 5.75 Å². The number of nitrogens with one attached hydrogen (secondary N) is 2. The molecule has 0 unspecified atom stereocenters. The zero-order valence-electron chi connectivity index (χ0n) is 18.7. The van der Waals surface area contributed by atoms with Crippen molar-refractivity contribution >= 4 is 27.3 Å². The third kappa shape index (κ3) is 7.04. The normalized spacial score (nSPS) is 12.2. The van der Waals surface area contributed by atoms with Crippen molar-refractivity contribution in [2.45, 2.75) is 22.3 Å². The number of likely N-dealkylation sites (N-methyl/N-ethyl adjacent to an activating group) is 1. The van der Waals surface area contributed by atoms with E-state index >= 15 is 0 Å². The molecule has 7 nitrogen and oxygen atoms in total. The van der Waals surface area contributed by atoms with Crippen molar-refractivity contribution in [1.29, 1.82) is 0 Å². The first kappa shape index (κ1) is 25.7. The first-order valence-corrected chi connectivity index (χ1v) is 12.6. The first-order chi connectivity index (χ1) is 16.3. The quantitative estimate of drug-likeness (QED) is 0.348. The van der Waals surface area contributed by atoms with Gasteiger partial charge in [-0.2, -0.15) is 0 Å². The number of ether oxygens (including phenoxy) is 1. The molecule has 1 amide bonds. The van der Waals surface area contributed by atoms with E-state index in [9.17, 15) is 18.3 Å². The summed E-state index contributed by atoms with van der Waals surface area (Å²) in [6.07, 6.45) is 0.0202. The number of aliphatic hydroxyl groups is 1. The van der Waals surface area contributed by atoms with Crippen LogP contribution in [0.3, 0.4) is 0 Å². The Hall–Kier alpha value is -2.91. The molecule has 0 heterocycles. The van der Waals surface area contributed by atoms with Crippen LogP contribution in [0.2, 0.25) is 5.02 Å². The van der Waals surface area contributed by atoms with Crippen molar-refractivity contribution in [3.05, 3.63) is 88.9 Å². The van der Waals surface area contributed by atoms with Crippen molar-refractivity contribution in [2.75, 3.05) is 26.7 Å². The molecule has 3 aromatic carbocycles. The topological polar surface area (TPSA) is 105 Å². The van der Waals surface area contributed by atoms with Gasteiger partial charge in [-0.25, -0.2) is 8.42 Å². The molecule has 0 radical (unpaired) electrons. The maximum absolute atomic E-state index is 12.9. The van der Waals surface area contributed by atoms with E-state index in [0.29, 0.717) is 30.3 Å². The van der Waals surface area contributed by atoms with Gasteiger partial charge in [0.25, 0.3) is 5.91 Å². The smallest absolute Gasteiger partial charge is 0.257 e. The van der Waals surface area contributed by atoms with E-state index in [1.165, 1.54) is 31.3 Å². The fraction of sp³-hybridized carbons (Fsp3) is 0.240.